The molecule has 0 spiro atoms. The van der Waals surface area contributed by atoms with E-state index in [9.17, 15) is 4.79 Å². The lowest BCUT2D eigenvalue weighted by atomic mass is 9.87. The Labute approximate surface area is 99.1 Å². The minimum absolute atomic E-state index is 0.00537. The molecule has 2 aromatic rings. The fraction of sp³-hybridized carbons (Fsp3) is 0.214. The molecule has 0 amide bonds. The summed E-state index contributed by atoms with van der Waals surface area (Å²) in [6.45, 7) is 0.663. The average Bonchev–Trinajstić information content (AvgIpc) is 2.39. The van der Waals surface area contributed by atoms with E-state index in [1.54, 1.807) is 6.20 Å². The maximum Gasteiger partial charge on any atom is 0.251 e. The smallest absolute Gasteiger partial charge is 0.251 e. The Morgan fingerprint density at radius 1 is 1.12 bits per heavy atom. The highest BCUT2D eigenvalue weighted by Crippen LogP contribution is 2.36. The predicted molar refractivity (Wildman–Crippen MR) is 65.5 cm³/mol. The summed E-state index contributed by atoms with van der Waals surface area (Å²) in [5.74, 6) is 1.04. The number of benzene rings is 1. The molecular formula is C14H13NO2. The quantitative estimate of drug-likeness (QED) is 0.812. The minimum atomic E-state index is -0.00537. The van der Waals surface area contributed by atoms with Gasteiger partial charge in [-0.15, -0.1) is 0 Å². The van der Waals surface area contributed by atoms with Gasteiger partial charge in [-0.05, 0) is 18.6 Å². The van der Waals surface area contributed by atoms with Gasteiger partial charge in [-0.1, -0.05) is 24.3 Å². The highest BCUT2D eigenvalue weighted by Gasteiger charge is 2.24. The van der Waals surface area contributed by atoms with Crippen LogP contribution in [0.25, 0.3) is 0 Å². The lowest BCUT2D eigenvalue weighted by Gasteiger charge is -2.25. The van der Waals surface area contributed by atoms with E-state index in [0.29, 0.717) is 6.61 Å². The van der Waals surface area contributed by atoms with Crippen LogP contribution in [0.1, 0.15) is 23.5 Å². The molecule has 0 fully saturated rings. The molecule has 3 rings (SSSR count). The molecular weight excluding hydrogens is 214 g/mol. The van der Waals surface area contributed by atoms with Crippen molar-refractivity contribution in [3.8, 4) is 5.75 Å². The number of nitrogens with one attached hydrogen (secondary N) is 1. The summed E-state index contributed by atoms with van der Waals surface area (Å²) < 4.78 is 5.60. The van der Waals surface area contributed by atoms with Crippen molar-refractivity contribution < 1.29 is 4.74 Å². The average molecular weight is 227 g/mol. The summed E-state index contributed by atoms with van der Waals surface area (Å²) in [4.78, 5) is 14.6. The molecule has 0 bridgehead atoms. The Hall–Kier alpha value is -2.03. The van der Waals surface area contributed by atoms with Gasteiger partial charge in [0.1, 0.15) is 5.75 Å². The van der Waals surface area contributed by atoms with Crippen LogP contribution in [0.4, 0.5) is 0 Å². The van der Waals surface area contributed by atoms with Gasteiger partial charge in [-0.2, -0.15) is 0 Å². The van der Waals surface area contributed by atoms with Gasteiger partial charge in [-0.25, -0.2) is 0 Å². The zero-order valence-electron chi connectivity index (χ0n) is 9.35. The molecule has 1 aromatic carbocycles. The third-order valence-electron chi connectivity index (χ3n) is 3.18. The van der Waals surface area contributed by atoms with Crippen LogP contribution >= 0.6 is 0 Å². The molecule has 1 atom stereocenters. The molecule has 0 aliphatic carbocycles. The first-order valence-electron chi connectivity index (χ1n) is 5.75. The summed E-state index contributed by atoms with van der Waals surface area (Å²) in [6.07, 6.45) is 2.52. The molecule has 1 aliphatic heterocycles. The van der Waals surface area contributed by atoms with Gasteiger partial charge >= 0.3 is 0 Å². The molecule has 0 radical (unpaired) electrons. The van der Waals surface area contributed by atoms with Gasteiger partial charge in [-0.3, -0.25) is 4.79 Å². The van der Waals surface area contributed by atoms with Crippen LogP contribution in [0.5, 0.6) is 5.75 Å². The molecule has 1 aromatic heterocycles. The van der Waals surface area contributed by atoms with Crippen molar-refractivity contribution in [3.05, 3.63) is 64.1 Å². The van der Waals surface area contributed by atoms with Crippen LogP contribution in [0, 0.1) is 0 Å². The monoisotopic (exact) mass is 227 g/mol. The van der Waals surface area contributed by atoms with Crippen molar-refractivity contribution in [1.29, 1.82) is 0 Å². The van der Waals surface area contributed by atoms with Crippen molar-refractivity contribution in [2.45, 2.75) is 12.3 Å². The normalized spacial score (nSPS) is 18.2. The van der Waals surface area contributed by atoms with Crippen molar-refractivity contribution in [2.75, 3.05) is 6.61 Å². The number of H-pyrrole nitrogens is 1. The summed E-state index contributed by atoms with van der Waals surface area (Å²) >= 11 is 0. The second-order valence-corrected chi connectivity index (χ2v) is 4.18. The third-order valence-corrected chi connectivity index (χ3v) is 3.18. The standard InChI is InChI=1S/C14H13NO2/c16-14-12(5-3-8-15-14)10-7-9-17-13-6-2-1-4-11(10)13/h1-6,8,10H,7,9H2,(H,15,16). The Balaban J connectivity index is 2.13. The second-order valence-electron chi connectivity index (χ2n) is 4.18. The molecule has 1 N–H and O–H groups in total. The lowest BCUT2D eigenvalue weighted by molar-refractivity contribution is 0.276. The lowest BCUT2D eigenvalue weighted by Crippen LogP contribution is -2.21. The maximum absolute atomic E-state index is 11.8. The van der Waals surface area contributed by atoms with Crippen LogP contribution in [-0.4, -0.2) is 11.6 Å². The van der Waals surface area contributed by atoms with E-state index >= 15 is 0 Å². The van der Waals surface area contributed by atoms with E-state index in [-0.39, 0.29) is 11.5 Å². The van der Waals surface area contributed by atoms with E-state index < -0.39 is 0 Å². The van der Waals surface area contributed by atoms with Gasteiger partial charge in [0, 0.05) is 23.2 Å². The number of para-hydroxylation sites is 1. The largest absolute Gasteiger partial charge is 0.493 e. The molecule has 17 heavy (non-hydrogen) atoms. The Morgan fingerprint density at radius 3 is 2.82 bits per heavy atom. The van der Waals surface area contributed by atoms with Crippen molar-refractivity contribution >= 4 is 0 Å². The van der Waals surface area contributed by atoms with E-state index in [1.807, 2.05) is 36.4 Å². The van der Waals surface area contributed by atoms with Gasteiger partial charge in [0.15, 0.2) is 0 Å². The molecule has 0 saturated carbocycles. The first kappa shape index (κ1) is 10.1. The fourth-order valence-corrected chi connectivity index (χ4v) is 2.37. The Kier molecular flexibility index (Phi) is 2.44. The third kappa shape index (κ3) is 1.73. The summed E-state index contributed by atoms with van der Waals surface area (Å²) in [6, 6.07) is 11.7. The Morgan fingerprint density at radius 2 is 1.94 bits per heavy atom. The summed E-state index contributed by atoms with van der Waals surface area (Å²) in [5, 5.41) is 0. The number of hydrogen-bond donors (Lipinski definition) is 1. The number of aromatic nitrogens is 1. The number of rotatable bonds is 1. The molecule has 3 heteroatoms. The first-order valence-corrected chi connectivity index (χ1v) is 5.75. The van der Waals surface area contributed by atoms with E-state index in [4.69, 9.17) is 4.74 Å². The highest BCUT2D eigenvalue weighted by atomic mass is 16.5. The fourth-order valence-electron chi connectivity index (χ4n) is 2.37. The molecule has 86 valence electrons. The highest BCUT2D eigenvalue weighted by molar-refractivity contribution is 5.42. The number of ether oxygens (including phenoxy) is 1. The Bertz CT molecular complexity index is 589. The van der Waals surface area contributed by atoms with Crippen molar-refractivity contribution in [3.63, 3.8) is 0 Å². The van der Waals surface area contributed by atoms with Crippen molar-refractivity contribution in [1.82, 2.24) is 4.98 Å². The molecule has 1 unspecified atom stereocenters. The maximum atomic E-state index is 11.8. The number of fused-ring (bicyclic) bond motifs is 1. The minimum Gasteiger partial charge on any atom is -0.493 e. The zero-order valence-corrected chi connectivity index (χ0v) is 9.35. The van der Waals surface area contributed by atoms with Gasteiger partial charge in [0.25, 0.3) is 5.56 Å². The van der Waals surface area contributed by atoms with E-state index in [2.05, 4.69) is 4.98 Å². The van der Waals surface area contributed by atoms with Gasteiger partial charge in [0.2, 0.25) is 0 Å². The summed E-state index contributed by atoms with van der Waals surface area (Å²) in [5.41, 5.74) is 1.92. The molecule has 0 saturated heterocycles. The van der Waals surface area contributed by atoms with Crippen molar-refractivity contribution in [2.24, 2.45) is 0 Å². The van der Waals surface area contributed by atoms with E-state index in [0.717, 1.165) is 23.3 Å². The van der Waals surface area contributed by atoms with Crippen LogP contribution in [-0.2, 0) is 0 Å². The van der Waals surface area contributed by atoms with Crippen LogP contribution < -0.4 is 10.3 Å². The van der Waals surface area contributed by atoms with Gasteiger partial charge in [0.05, 0.1) is 6.61 Å². The number of pyridine rings is 1. The zero-order chi connectivity index (χ0) is 11.7. The SMILES string of the molecule is O=c1[nH]cccc1C1CCOc2ccccc21. The first-order chi connectivity index (χ1) is 8.36. The molecule has 3 nitrogen and oxygen atoms in total. The van der Waals surface area contributed by atoms with Gasteiger partial charge < -0.3 is 9.72 Å². The predicted octanol–water partition coefficient (Wildman–Crippen LogP) is 2.29. The molecule has 2 heterocycles. The van der Waals surface area contributed by atoms with Crippen LogP contribution in [0.15, 0.2) is 47.4 Å². The number of hydrogen-bond acceptors (Lipinski definition) is 2. The number of aromatic amines is 1. The second kappa shape index (κ2) is 4.09. The summed E-state index contributed by atoms with van der Waals surface area (Å²) in [7, 11) is 0. The van der Waals surface area contributed by atoms with Crippen LogP contribution in [0.2, 0.25) is 0 Å². The topological polar surface area (TPSA) is 42.1 Å². The van der Waals surface area contributed by atoms with Crippen LogP contribution in [0.3, 0.4) is 0 Å². The van der Waals surface area contributed by atoms with E-state index in [1.165, 1.54) is 0 Å². The molecule has 1 aliphatic rings.